The lowest BCUT2D eigenvalue weighted by Gasteiger charge is -2.33. The molecule has 25 heavy (non-hydrogen) atoms. The van der Waals surface area contributed by atoms with E-state index in [1.807, 2.05) is 25.7 Å². The summed E-state index contributed by atoms with van der Waals surface area (Å²) in [6.45, 7) is 8.19. The summed E-state index contributed by atoms with van der Waals surface area (Å²) in [6.07, 6.45) is 4.14. The smallest absolute Gasteiger partial charge is 0.410 e. The SMILES string of the molecule is CC(C)(C)OC(=O)N1CCC(C(=O)NCC(=O)N2CCCCC2)CC1. The quantitative estimate of drug-likeness (QED) is 0.838. The van der Waals surface area contributed by atoms with Gasteiger partial charge in [0.15, 0.2) is 0 Å². The van der Waals surface area contributed by atoms with Crippen LogP contribution < -0.4 is 5.32 Å². The molecule has 142 valence electrons. The van der Waals surface area contributed by atoms with Crippen LogP contribution in [-0.2, 0) is 14.3 Å². The first-order valence-electron chi connectivity index (χ1n) is 9.30. The predicted molar refractivity (Wildman–Crippen MR) is 94.0 cm³/mol. The molecule has 0 saturated carbocycles. The molecule has 0 aromatic carbocycles. The number of rotatable bonds is 3. The Morgan fingerprint density at radius 2 is 1.56 bits per heavy atom. The van der Waals surface area contributed by atoms with Crippen molar-refractivity contribution in [2.24, 2.45) is 5.92 Å². The molecule has 3 amide bonds. The number of likely N-dealkylation sites (tertiary alicyclic amines) is 2. The van der Waals surface area contributed by atoms with Crippen LogP contribution in [-0.4, -0.2) is 66.0 Å². The highest BCUT2D eigenvalue weighted by atomic mass is 16.6. The van der Waals surface area contributed by atoms with Crippen molar-refractivity contribution in [1.29, 1.82) is 0 Å². The Morgan fingerprint density at radius 3 is 2.12 bits per heavy atom. The maximum Gasteiger partial charge on any atom is 0.410 e. The number of hydrogen-bond donors (Lipinski definition) is 1. The highest BCUT2D eigenvalue weighted by molar-refractivity contribution is 5.86. The normalized spacial score (nSPS) is 19.5. The third kappa shape index (κ3) is 6.21. The van der Waals surface area contributed by atoms with Crippen molar-refractivity contribution in [1.82, 2.24) is 15.1 Å². The summed E-state index contributed by atoms with van der Waals surface area (Å²) in [4.78, 5) is 39.9. The van der Waals surface area contributed by atoms with Crippen LogP contribution >= 0.6 is 0 Å². The number of amides is 3. The van der Waals surface area contributed by atoms with E-state index in [1.165, 1.54) is 6.42 Å². The number of nitrogens with one attached hydrogen (secondary N) is 1. The molecule has 2 saturated heterocycles. The van der Waals surface area contributed by atoms with E-state index in [0.29, 0.717) is 25.9 Å². The Bertz CT molecular complexity index is 487. The largest absolute Gasteiger partial charge is 0.444 e. The minimum atomic E-state index is -0.514. The number of carbonyl (C=O) groups is 3. The zero-order valence-corrected chi connectivity index (χ0v) is 15.7. The summed E-state index contributed by atoms with van der Waals surface area (Å²) in [7, 11) is 0. The second-order valence-corrected chi connectivity index (χ2v) is 7.90. The number of ether oxygens (including phenoxy) is 1. The van der Waals surface area contributed by atoms with Gasteiger partial charge in [-0.1, -0.05) is 0 Å². The van der Waals surface area contributed by atoms with E-state index in [2.05, 4.69) is 5.32 Å². The molecule has 1 N–H and O–H groups in total. The van der Waals surface area contributed by atoms with Crippen LogP contribution in [0.4, 0.5) is 4.79 Å². The summed E-state index contributed by atoms with van der Waals surface area (Å²) in [6, 6.07) is 0. The van der Waals surface area contributed by atoms with Crippen LogP contribution in [0.15, 0.2) is 0 Å². The fourth-order valence-corrected chi connectivity index (χ4v) is 3.21. The van der Waals surface area contributed by atoms with E-state index < -0.39 is 5.60 Å². The molecular formula is C18H31N3O4. The Kier molecular flexibility index (Phi) is 6.67. The van der Waals surface area contributed by atoms with Gasteiger partial charge in [0.2, 0.25) is 11.8 Å². The van der Waals surface area contributed by atoms with E-state index in [0.717, 1.165) is 25.9 Å². The Hall–Kier alpha value is -1.79. The molecule has 7 nitrogen and oxygen atoms in total. The third-order valence-corrected chi connectivity index (χ3v) is 4.64. The van der Waals surface area contributed by atoms with Gasteiger partial charge >= 0.3 is 6.09 Å². The summed E-state index contributed by atoms with van der Waals surface area (Å²) < 4.78 is 5.36. The van der Waals surface area contributed by atoms with Gasteiger partial charge in [-0.3, -0.25) is 9.59 Å². The second-order valence-electron chi connectivity index (χ2n) is 7.90. The summed E-state index contributed by atoms with van der Waals surface area (Å²) in [5, 5.41) is 2.77. The number of nitrogens with zero attached hydrogens (tertiary/aromatic N) is 2. The predicted octanol–water partition coefficient (Wildman–Crippen LogP) is 1.76. The maximum atomic E-state index is 12.3. The fraction of sp³-hybridized carbons (Fsp3) is 0.833. The maximum absolute atomic E-state index is 12.3. The highest BCUT2D eigenvalue weighted by Crippen LogP contribution is 2.20. The lowest BCUT2D eigenvalue weighted by atomic mass is 9.96. The van der Waals surface area contributed by atoms with Crippen LogP contribution in [0.5, 0.6) is 0 Å². The van der Waals surface area contributed by atoms with Crippen molar-refractivity contribution in [3.8, 4) is 0 Å². The van der Waals surface area contributed by atoms with Crippen molar-refractivity contribution >= 4 is 17.9 Å². The number of piperidine rings is 2. The molecule has 0 unspecified atom stereocenters. The van der Waals surface area contributed by atoms with Gasteiger partial charge in [-0.05, 0) is 52.9 Å². The molecule has 7 heteroatoms. The van der Waals surface area contributed by atoms with Crippen molar-refractivity contribution in [3.05, 3.63) is 0 Å². The van der Waals surface area contributed by atoms with Gasteiger partial charge in [0.1, 0.15) is 5.60 Å². The average Bonchev–Trinajstić information content (AvgIpc) is 2.58. The van der Waals surface area contributed by atoms with E-state index in [4.69, 9.17) is 4.74 Å². The fourth-order valence-electron chi connectivity index (χ4n) is 3.21. The zero-order valence-electron chi connectivity index (χ0n) is 15.7. The van der Waals surface area contributed by atoms with E-state index in [9.17, 15) is 14.4 Å². The molecule has 2 heterocycles. The van der Waals surface area contributed by atoms with Crippen molar-refractivity contribution in [2.75, 3.05) is 32.7 Å². The van der Waals surface area contributed by atoms with E-state index in [-0.39, 0.29) is 30.4 Å². The molecule has 0 spiro atoms. The summed E-state index contributed by atoms with van der Waals surface area (Å²) in [5.74, 6) is -0.235. The topological polar surface area (TPSA) is 79.0 Å². The zero-order chi connectivity index (χ0) is 18.4. The number of carbonyl (C=O) groups excluding carboxylic acids is 3. The first-order chi connectivity index (χ1) is 11.8. The van der Waals surface area contributed by atoms with Crippen molar-refractivity contribution in [2.45, 2.75) is 58.5 Å². The standard InChI is InChI=1S/C18H31N3O4/c1-18(2,3)25-17(24)21-11-7-14(8-12-21)16(23)19-13-15(22)20-9-5-4-6-10-20/h14H,4-13H2,1-3H3,(H,19,23). The van der Waals surface area contributed by atoms with E-state index in [1.54, 1.807) is 4.90 Å². The van der Waals surface area contributed by atoms with Gasteiger partial charge in [0.05, 0.1) is 6.54 Å². The van der Waals surface area contributed by atoms with Crippen LogP contribution in [0.25, 0.3) is 0 Å². The first-order valence-corrected chi connectivity index (χ1v) is 9.30. The Morgan fingerprint density at radius 1 is 0.960 bits per heavy atom. The summed E-state index contributed by atoms with van der Waals surface area (Å²) in [5.41, 5.74) is -0.514. The minimum Gasteiger partial charge on any atom is -0.444 e. The summed E-state index contributed by atoms with van der Waals surface area (Å²) >= 11 is 0. The molecule has 2 aliphatic heterocycles. The minimum absolute atomic E-state index is 0.000703. The van der Waals surface area contributed by atoms with Gasteiger partial charge < -0.3 is 19.9 Å². The molecular weight excluding hydrogens is 322 g/mol. The third-order valence-electron chi connectivity index (χ3n) is 4.64. The Labute approximate surface area is 150 Å². The lowest BCUT2D eigenvalue weighted by Crippen LogP contribution is -2.47. The number of hydrogen-bond acceptors (Lipinski definition) is 4. The van der Waals surface area contributed by atoms with Crippen LogP contribution in [0.2, 0.25) is 0 Å². The first kappa shape index (κ1) is 19.5. The molecule has 0 atom stereocenters. The molecule has 2 aliphatic rings. The van der Waals surface area contributed by atoms with Gasteiger partial charge in [-0.15, -0.1) is 0 Å². The molecule has 0 bridgehead atoms. The molecule has 0 aliphatic carbocycles. The monoisotopic (exact) mass is 353 g/mol. The van der Waals surface area contributed by atoms with Gasteiger partial charge in [0.25, 0.3) is 0 Å². The van der Waals surface area contributed by atoms with Crippen molar-refractivity contribution < 1.29 is 19.1 Å². The molecule has 2 fully saturated rings. The van der Waals surface area contributed by atoms with Gasteiger partial charge in [-0.2, -0.15) is 0 Å². The van der Waals surface area contributed by atoms with Gasteiger partial charge in [-0.25, -0.2) is 4.79 Å². The Balaban J connectivity index is 1.70. The average molecular weight is 353 g/mol. The molecule has 2 rings (SSSR count). The van der Waals surface area contributed by atoms with Gasteiger partial charge in [0, 0.05) is 32.1 Å². The molecule has 0 aromatic heterocycles. The second kappa shape index (κ2) is 8.54. The van der Waals surface area contributed by atoms with Crippen LogP contribution in [0, 0.1) is 5.92 Å². The molecule has 0 aromatic rings. The lowest BCUT2D eigenvalue weighted by molar-refractivity contribution is -0.135. The highest BCUT2D eigenvalue weighted by Gasteiger charge is 2.30. The van der Waals surface area contributed by atoms with E-state index >= 15 is 0 Å². The van der Waals surface area contributed by atoms with Crippen LogP contribution in [0.1, 0.15) is 52.9 Å². The molecule has 0 radical (unpaired) electrons. The van der Waals surface area contributed by atoms with Crippen LogP contribution in [0.3, 0.4) is 0 Å². The van der Waals surface area contributed by atoms with Crippen molar-refractivity contribution in [3.63, 3.8) is 0 Å².